The fraction of sp³-hybridized carbons (Fsp3) is 0.105. The molecule has 1 aromatic heterocycles. The molecule has 1 saturated heterocycles. The van der Waals surface area contributed by atoms with E-state index in [9.17, 15) is 24.5 Å². The third-order valence-corrected chi connectivity index (χ3v) is 4.10. The molecule has 0 saturated carbocycles. The van der Waals surface area contributed by atoms with E-state index >= 15 is 0 Å². The van der Waals surface area contributed by atoms with Crippen LogP contribution in [0.5, 0.6) is 0 Å². The smallest absolute Gasteiger partial charge is 0.331 e. The highest BCUT2D eigenvalue weighted by Gasteiger charge is 2.35. The van der Waals surface area contributed by atoms with Gasteiger partial charge in [-0.1, -0.05) is 18.2 Å². The quantitative estimate of drug-likeness (QED) is 0.279. The fourth-order valence-electron chi connectivity index (χ4n) is 2.68. The van der Waals surface area contributed by atoms with E-state index in [1.54, 1.807) is 25.1 Å². The molecular formula is C19H15N3O6. The summed E-state index contributed by atoms with van der Waals surface area (Å²) in [6.07, 6.45) is 2.58. The Morgan fingerprint density at radius 2 is 2.00 bits per heavy atom. The Balaban J connectivity index is 1.94. The highest BCUT2D eigenvalue weighted by atomic mass is 16.6. The zero-order valence-electron chi connectivity index (χ0n) is 14.8. The van der Waals surface area contributed by atoms with E-state index in [1.807, 2.05) is 0 Å². The first-order chi connectivity index (χ1) is 13.3. The van der Waals surface area contributed by atoms with Gasteiger partial charge in [-0.3, -0.25) is 29.9 Å². The third kappa shape index (κ3) is 3.45. The molecule has 2 heterocycles. The van der Waals surface area contributed by atoms with E-state index < -0.39 is 22.8 Å². The van der Waals surface area contributed by atoms with Crippen molar-refractivity contribution in [2.75, 3.05) is 6.54 Å². The van der Waals surface area contributed by atoms with E-state index in [-0.39, 0.29) is 23.6 Å². The average molecular weight is 381 g/mol. The number of nitro groups is 1. The monoisotopic (exact) mass is 381 g/mol. The maximum Gasteiger partial charge on any atom is 0.331 e. The number of imide groups is 2. The summed E-state index contributed by atoms with van der Waals surface area (Å²) in [6, 6.07) is 6.92. The van der Waals surface area contributed by atoms with Crippen LogP contribution in [0.2, 0.25) is 0 Å². The number of nitro benzene ring substituents is 1. The summed E-state index contributed by atoms with van der Waals surface area (Å²) in [6.45, 7) is 5.05. The van der Waals surface area contributed by atoms with Crippen LogP contribution < -0.4 is 5.32 Å². The second-order valence-corrected chi connectivity index (χ2v) is 5.98. The molecule has 9 heteroatoms. The van der Waals surface area contributed by atoms with Crippen molar-refractivity contribution in [1.29, 1.82) is 0 Å². The van der Waals surface area contributed by atoms with E-state index in [0.29, 0.717) is 16.9 Å². The largest absolute Gasteiger partial charge is 0.457 e. The van der Waals surface area contributed by atoms with Gasteiger partial charge in [0.2, 0.25) is 0 Å². The molecule has 4 amide bonds. The number of nitrogens with zero attached hydrogens (tertiary/aromatic N) is 2. The Bertz CT molecular complexity index is 1050. The topological polar surface area (TPSA) is 123 Å². The van der Waals surface area contributed by atoms with Crippen molar-refractivity contribution >= 4 is 29.6 Å². The molecule has 0 atom stereocenters. The van der Waals surface area contributed by atoms with Gasteiger partial charge < -0.3 is 4.42 Å². The van der Waals surface area contributed by atoms with Crippen molar-refractivity contribution in [3.05, 3.63) is 70.0 Å². The van der Waals surface area contributed by atoms with Gasteiger partial charge in [-0.25, -0.2) is 4.79 Å². The molecule has 1 N–H and O–H groups in total. The predicted octanol–water partition coefficient (Wildman–Crippen LogP) is 2.81. The molecular weight excluding hydrogens is 366 g/mol. The van der Waals surface area contributed by atoms with Crippen LogP contribution in [-0.4, -0.2) is 34.2 Å². The van der Waals surface area contributed by atoms with Crippen LogP contribution >= 0.6 is 0 Å². The zero-order chi connectivity index (χ0) is 20.4. The van der Waals surface area contributed by atoms with Crippen LogP contribution in [0.4, 0.5) is 10.5 Å². The number of carbonyl (C=O) groups is 3. The van der Waals surface area contributed by atoms with Crippen molar-refractivity contribution in [3.8, 4) is 11.3 Å². The molecule has 2 aromatic rings. The lowest BCUT2D eigenvalue weighted by molar-refractivity contribution is -0.385. The van der Waals surface area contributed by atoms with Crippen molar-refractivity contribution in [3.63, 3.8) is 0 Å². The zero-order valence-corrected chi connectivity index (χ0v) is 14.8. The number of hydrogen-bond acceptors (Lipinski definition) is 6. The number of urea groups is 1. The molecule has 0 spiro atoms. The Morgan fingerprint density at radius 1 is 1.25 bits per heavy atom. The lowest BCUT2D eigenvalue weighted by atomic mass is 10.1. The number of nitrogens with one attached hydrogen (secondary N) is 1. The van der Waals surface area contributed by atoms with Gasteiger partial charge in [0.25, 0.3) is 17.5 Å². The highest BCUT2D eigenvalue weighted by Crippen LogP contribution is 2.29. The fourth-order valence-corrected chi connectivity index (χ4v) is 2.68. The molecule has 1 aliphatic heterocycles. The van der Waals surface area contributed by atoms with Gasteiger partial charge in [-0.2, -0.15) is 0 Å². The minimum Gasteiger partial charge on any atom is -0.457 e. The Kier molecular flexibility index (Phi) is 4.90. The molecule has 142 valence electrons. The molecule has 9 nitrogen and oxygen atoms in total. The first kappa shape index (κ1) is 18.8. The first-order valence-electron chi connectivity index (χ1n) is 8.17. The lowest BCUT2D eigenvalue weighted by Gasteiger charge is -2.24. The normalized spacial score (nSPS) is 15.7. The van der Waals surface area contributed by atoms with E-state index in [2.05, 4.69) is 11.9 Å². The maximum absolute atomic E-state index is 12.4. The van der Waals surface area contributed by atoms with Crippen molar-refractivity contribution < 1.29 is 23.7 Å². The van der Waals surface area contributed by atoms with Crippen LogP contribution in [0.25, 0.3) is 17.4 Å². The van der Waals surface area contributed by atoms with E-state index in [4.69, 9.17) is 4.42 Å². The van der Waals surface area contributed by atoms with Crippen molar-refractivity contribution in [1.82, 2.24) is 10.2 Å². The Labute approximate surface area is 159 Å². The first-order valence-corrected chi connectivity index (χ1v) is 8.17. The summed E-state index contributed by atoms with van der Waals surface area (Å²) >= 11 is 0. The van der Waals surface area contributed by atoms with Crippen LogP contribution in [0.1, 0.15) is 11.3 Å². The minimum absolute atomic E-state index is 0.0470. The summed E-state index contributed by atoms with van der Waals surface area (Å²) in [7, 11) is 0. The lowest BCUT2D eigenvalue weighted by Crippen LogP contribution is -2.54. The summed E-state index contributed by atoms with van der Waals surface area (Å²) in [5.74, 6) is -1.08. The third-order valence-electron chi connectivity index (χ3n) is 4.10. The summed E-state index contributed by atoms with van der Waals surface area (Å²) in [5, 5.41) is 13.2. The molecule has 0 aliphatic carbocycles. The second kappa shape index (κ2) is 7.31. The second-order valence-electron chi connectivity index (χ2n) is 5.98. The van der Waals surface area contributed by atoms with Gasteiger partial charge in [0, 0.05) is 23.7 Å². The summed E-state index contributed by atoms with van der Waals surface area (Å²) < 4.78 is 5.61. The van der Waals surface area contributed by atoms with Gasteiger partial charge >= 0.3 is 6.03 Å². The number of hydrogen-bond donors (Lipinski definition) is 1. The van der Waals surface area contributed by atoms with Gasteiger partial charge in [-0.05, 0) is 25.1 Å². The van der Waals surface area contributed by atoms with Gasteiger partial charge in [0.05, 0.1) is 4.92 Å². The molecule has 0 unspecified atom stereocenters. The molecule has 1 aromatic carbocycles. The minimum atomic E-state index is -0.834. The highest BCUT2D eigenvalue weighted by molar-refractivity contribution is 6.30. The molecule has 0 bridgehead atoms. The predicted molar refractivity (Wildman–Crippen MR) is 99.0 cm³/mol. The van der Waals surface area contributed by atoms with E-state index in [0.717, 1.165) is 4.90 Å². The average Bonchev–Trinajstić information content (AvgIpc) is 3.11. The molecule has 0 radical (unpaired) electrons. The maximum atomic E-state index is 12.4. The number of furan rings is 1. The van der Waals surface area contributed by atoms with Gasteiger partial charge in [0.1, 0.15) is 17.1 Å². The van der Waals surface area contributed by atoms with Crippen molar-refractivity contribution in [2.24, 2.45) is 0 Å². The summed E-state index contributed by atoms with van der Waals surface area (Å²) in [4.78, 5) is 47.6. The van der Waals surface area contributed by atoms with Crippen LogP contribution in [-0.2, 0) is 9.59 Å². The van der Waals surface area contributed by atoms with Gasteiger partial charge in [-0.15, -0.1) is 6.58 Å². The number of rotatable bonds is 5. The number of aryl methyl sites for hydroxylation is 1. The molecule has 3 rings (SSSR count). The van der Waals surface area contributed by atoms with Crippen LogP contribution in [0.15, 0.2) is 53.0 Å². The summed E-state index contributed by atoms with van der Waals surface area (Å²) in [5.41, 5.74) is 0.676. The Hall–Kier alpha value is -4.01. The Morgan fingerprint density at radius 3 is 2.68 bits per heavy atom. The standard InChI is InChI=1S/C19H15N3O6/c1-3-8-21-18(24)14(17(23)20-19(21)25)10-13-6-7-16(28-13)12-5-4-11(2)15(9-12)22(26)27/h3-7,9-10H,1,8H2,2H3,(H,20,23,25)/b14-10-. The molecule has 1 fully saturated rings. The number of amides is 4. The molecule has 1 aliphatic rings. The van der Waals surface area contributed by atoms with Crippen LogP contribution in [0.3, 0.4) is 0 Å². The van der Waals surface area contributed by atoms with Gasteiger partial charge in [0.15, 0.2) is 0 Å². The van der Waals surface area contributed by atoms with E-state index in [1.165, 1.54) is 24.3 Å². The SMILES string of the molecule is C=CCN1C(=O)NC(=O)/C(=C/c2ccc(-c3ccc(C)c([N+](=O)[O-])c3)o2)C1=O. The number of barbiturate groups is 1. The molecule has 28 heavy (non-hydrogen) atoms. The van der Waals surface area contributed by atoms with Crippen molar-refractivity contribution in [2.45, 2.75) is 6.92 Å². The number of benzene rings is 1. The van der Waals surface area contributed by atoms with Crippen LogP contribution in [0, 0.1) is 17.0 Å². The number of carbonyl (C=O) groups excluding carboxylic acids is 3.